The molecule has 55 heteroatoms. The van der Waals surface area contributed by atoms with Crippen molar-refractivity contribution in [3.05, 3.63) is 268 Å². The number of fused-ring (bicyclic) bond motifs is 1. The van der Waals surface area contributed by atoms with E-state index in [9.17, 15) is 128 Å². The summed E-state index contributed by atoms with van der Waals surface area (Å²) in [5, 5.41) is 30.1. The number of carboxylic acid groups (broad SMARTS) is 1. The number of rotatable bonds is 26. The van der Waals surface area contributed by atoms with E-state index in [1.807, 2.05) is 6.92 Å². The molecule has 4 unspecified atom stereocenters. The molecule has 0 aliphatic carbocycles. The predicted molar refractivity (Wildman–Crippen MR) is 513 cm³/mol. The quantitative estimate of drug-likeness (QED) is 0.00820. The van der Waals surface area contributed by atoms with Gasteiger partial charge in [-0.1, -0.05) is 66.2 Å². The molecule has 5 aliphatic heterocycles. The van der Waals surface area contributed by atoms with Crippen LogP contribution in [0, 0.1) is 23.7 Å². The minimum atomic E-state index is -4.52. The molecule has 11 heterocycles. The van der Waals surface area contributed by atoms with Crippen molar-refractivity contribution in [1.82, 2.24) is 63.5 Å². The minimum Gasteiger partial charge on any atom is -0.478 e. The molecule has 0 saturated carbocycles. The fourth-order valence-corrected chi connectivity index (χ4v) is 16.2. The van der Waals surface area contributed by atoms with Gasteiger partial charge in [0.05, 0.1) is 106 Å². The number of aromatic carboxylic acids is 1. The number of ether oxygens (including phenoxy) is 2. The fraction of sp³-hybridized carbons (Fsp3) is 0.355. The van der Waals surface area contributed by atoms with Crippen LogP contribution in [0.1, 0.15) is 151 Å². The van der Waals surface area contributed by atoms with Gasteiger partial charge >= 0.3 is 54.0 Å². The van der Waals surface area contributed by atoms with Crippen LogP contribution in [-0.2, 0) is 100 Å². The van der Waals surface area contributed by atoms with Crippen LogP contribution in [0.3, 0.4) is 0 Å². The number of imide groups is 1. The number of carboxylic acids is 1. The van der Waals surface area contributed by atoms with Gasteiger partial charge < -0.3 is 56.7 Å². The normalized spacial score (nSPS) is 16.0. The first kappa shape index (κ1) is 114. The highest BCUT2D eigenvalue weighted by atomic mass is 79.9. The van der Waals surface area contributed by atoms with Crippen LogP contribution < -0.4 is 64.6 Å². The molecule has 792 valence electrons. The van der Waals surface area contributed by atoms with Gasteiger partial charge in [-0.25, -0.2) is 24.0 Å². The number of anilines is 8. The molecule has 7 amide bonds. The SMILES string of the molecule is CCCn1c(=O)[nH]c(N)c(N)c1=O.CCCn1c(=O)[nH]c(N)c(NC(=O)c2cnn(CC3CC(=O)N(c4cccc(C(F)(F)F)c4)C3)c2)c1=O.CCOC(=O)c1cn[nH]c1.CCOC(=O)c1cnn(CC2CC(=O)N(c3cccc(C(F)(F)F)c3)C2)c1.CS(=O)(=O)OCC1CC(=O)N(c2cccc(C(F)(F)F)c2)C1.O=C(O)c1cnn(CC2CC(=O)N(c3cccc(C(F)(F)F)c3)C2)c1.O=C1c2ccccc2C(=O)N1CCBr. The molecule has 11 N–H and O–H groups in total. The lowest BCUT2D eigenvalue weighted by Crippen LogP contribution is -2.38. The lowest BCUT2D eigenvalue weighted by atomic mass is 10.1. The van der Waals surface area contributed by atoms with E-state index in [4.69, 9.17) is 27.0 Å². The van der Waals surface area contributed by atoms with Crippen molar-refractivity contribution in [2.75, 3.05) is 106 Å². The van der Waals surface area contributed by atoms with Gasteiger partial charge in [-0.3, -0.25) is 90.5 Å². The number of benzene rings is 5. The third kappa shape index (κ3) is 30.6. The molecule has 0 spiro atoms. The second-order valence-corrected chi connectivity index (χ2v) is 35.8. The van der Waals surface area contributed by atoms with Crippen LogP contribution in [0.2, 0.25) is 0 Å². The summed E-state index contributed by atoms with van der Waals surface area (Å²) in [5.74, 6) is -5.42. The highest BCUT2D eigenvalue weighted by Crippen LogP contribution is 2.39. The number of nitrogens with two attached hydrogens (primary N) is 3. The first-order chi connectivity index (χ1) is 69.7. The van der Waals surface area contributed by atoms with Crippen molar-refractivity contribution in [2.24, 2.45) is 23.7 Å². The summed E-state index contributed by atoms with van der Waals surface area (Å²) < 4.78 is 197. The molecule has 16 rings (SSSR count). The Morgan fingerprint density at radius 3 is 1.19 bits per heavy atom. The van der Waals surface area contributed by atoms with E-state index in [2.05, 4.69) is 65.6 Å². The molecule has 11 aromatic rings. The third-order valence-corrected chi connectivity index (χ3v) is 23.2. The highest BCUT2D eigenvalue weighted by Gasteiger charge is 2.41. The van der Waals surface area contributed by atoms with E-state index in [0.717, 1.165) is 63.9 Å². The van der Waals surface area contributed by atoms with E-state index in [0.29, 0.717) is 73.2 Å². The van der Waals surface area contributed by atoms with E-state index in [1.165, 1.54) is 132 Å². The zero-order valence-electron chi connectivity index (χ0n) is 79.1. The van der Waals surface area contributed by atoms with Gasteiger partial charge in [0.2, 0.25) is 23.6 Å². The first-order valence-electron chi connectivity index (χ1n) is 44.9. The Morgan fingerprint density at radius 1 is 0.473 bits per heavy atom. The number of nitrogens with zero attached hydrogens (tertiary/aromatic N) is 14. The Bertz CT molecular complexity index is 6990. The number of nitrogens with one attached hydrogen (secondary N) is 4. The zero-order valence-corrected chi connectivity index (χ0v) is 81.5. The largest absolute Gasteiger partial charge is 0.478 e. The maximum absolute atomic E-state index is 13.0. The predicted octanol–water partition coefficient (Wildman–Crippen LogP) is 11.2. The number of halogens is 13. The second-order valence-electron chi connectivity index (χ2n) is 33.4. The maximum Gasteiger partial charge on any atom is 0.416 e. The summed E-state index contributed by atoms with van der Waals surface area (Å²) in [6, 6.07) is 25.3. The number of aromatic amines is 3. The Kier molecular flexibility index (Phi) is 38.4. The molecule has 4 saturated heterocycles. The summed E-state index contributed by atoms with van der Waals surface area (Å²) in [7, 11) is -3.62. The Balaban J connectivity index is 0.000000183. The lowest BCUT2D eigenvalue weighted by Gasteiger charge is -2.18. The van der Waals surface area contributed by atoms with Crippen LogP contribution in [0.25, 0.3) is 0 Å². The molecule has 4 atom stereocenters. The van der Waals surface area contributed by atoms with Gasteiger partial charge in [0.1, 0.15) is 23.0 Å². The molecule has 4 fully saturated rings. The number of hydrogen-bond acceptors (Lipinski definition) is 26. The molecular formula is C93H98BrF12N21O20S. The van der Waals surface area contributed by atoms with Crippen LogP contribution in [0.15, 0.2) is 190 Å². The average Bonchev–Trinajstić information content (AvgIpc) is 1.62. The number of alkyl halides is 13. The number of nitrogen functional groups attached to an aromatic ring is 3. The minimum absolute atomic E-state index is 0.0335. The van der Waals surface area contributed by atoms with Gasteiger partial charge in [-0.05, 0) is 112 Å². The zero-order chi connectivity index (χ0) is 109. The van der Waals surface area contributed by atoms with E-state index < -0.39 is 97.4 Å². The molecule has 0 bridgehead atoms. The molecule has 5 aromatic carbocycles. The number of aromatic nitrogens is 12. The molecule has 5 aliphatic rings. The van der Waals surface area contributed by atoms with Crippen LogP contribution in [0.4, 0.5) is 98.4 Å². The number of H-pyrrole nitrogens is 3. The monoisotopic (exact) mass is 2170 g/mol. The van der Waals surface area contributed by atoms with Crippen molar-refractivity contribution in [3.63, 3.8) is 0 Å². The molecule has 148 heavy (non-hydrogen) atoms. The number of hydrogen-bond donors (Lipinski definition) is 8. The van der Waals surface area contributed by atoms with Gasteiger partial charge in [-0.15, -0.1) is 0 Å². The van der Waals surface area contributed by atoms with Crippen molar-refractivity contribution >= 4 is 131 Å². The summed E-state index contributed by atoms with van der Waals surface area (Å²) in [6.07, 6.45) is -4.24. The van der Waals surface area contributed by atoms with Crippen LogP contribution >= 0.6 is 15.9 Å². The van der Waals surface area contributed by atoms with E-state index >= 15 is 0 Å². The Hall–Kier alpha value is -15.9. The van der Waals surface area contributed by atoms with E-state index in [1.54, 1.807) is 49.7 Å². The number of carbonyl (C=O) groups excluding carboxylic acids is 9. The van der Waals surface area contributed by atoms with Crippen molar-refractivity contribution in [2.45, 2.75) is 124 Å². The summed E-state index contributed by atoms with van der Waals surface area (Å²) in [5.41, 5.74) is 13.0. The van der Waals surface area contributed by atoms with Gasteiger partial charge in [0.15, 0.2) is 0 Å². The summed E-state index contributed by atoms with van der Waals surface area (Å²) in [6.45, 7) is 10.3. The van der Waals surface area contributed by atoms with Gasteiger partial charge in [0.25, 0.3) is 39.0 Å². The van der Waals surface area contributed by atoms with E-state index in [-0.39, 0.29) is 200 Å². The van der Waals surface area contributed by atoms with Crippen molar-refractivity contribution < 1.29 is 128 Å². The highest BCUT2D eigenvalue weighted by molar-refractivity contribution is 9.09. The van der Waals surface area contributed by atoms with Gasteiger partial charge in [0, 0.05) is 168 Å². The van der Waals surface area contributed by atoms with Gasteiger partial charge in [-0.2, -0.15) is 81.5 Å². The molecule has 41 nitrogen and oxygen atoms in total. The smallest absolute Gasteiger partial charge is 0.416 e. The third-order valence-electron chi connectivity index (χ3n) is 22.3. The van der Waals surface area contributed by atoms with Crippen molar-refractivity contribution in [1.29, 1.82) is 0 Å². The fourth-order valence-electron chi connectivity index (χ4n) is 15.4. The lowest BCUT2D eigenvalue weighted by molar-refractivity contribution is -0.138. The van der Waals surface area contributed by atoms with Crippen LogP contribution in [0.5, 0.6) is 0 Å². The summed E-state index contributed by atoms with van der Waals surface area (Å²) in [4.78, 5) is 176. The number of carbonyl (C=O) groups is 10. The Labute approximate surface area is 840 Å². The topological polar surface area (TPSA) is 551 Å². The maximum atomic E-state index is 13.0. The standard InChI is InChI=1S/C23H24F3N7O4.C18H18F3N3O3.C16H14F3N3O3.C13H14F3NO4S.C10H8BrNO2.C7H12N4O2.C6H8N2O2/c1-2-6-32-21(36)18(19(27)30-22(32)37)29-20(35)14-9-28-31(12-14)10-13-7-17(34)33(11-13)16-5-3-4-15(8-16)23(24,25)26;1-2-27-17(26)13-8-22-23(11-13)9-12-6-16(25)24(10-12)15-5-3-4-14(7-15)18(19,20)21;17-16(18,19)12-2-1-3-13(5-12)22-8-10(4-14(22)23)7-21-9-11(6-20-21)15(24)25;1-22(19,20)21-8-9-5-12(18)17(7-9)11-4-2-3-10(6-11)13(14,15)16;11-5-6-12-9(13)7-3-1-2-4-8(7)10(12)14;1-2-3-11-6(12)4(8)5(9)10-7(11)13;1-2-10-6(9)5-3-7-8-4-5/h3-5,8-9,12-13H,2,6-7,10-11,27H2,1H3,(H,29,35)(H,30,37);3-5,7-8,11-12H,2,6,9-10H2,1H3;1-3,5-6,9-10H,4,7-8H2,(H,24,25);2-4,6,9H,5,7-8H2,1H3;1-4H,5-6H2;2-3,8-9H2,1H3,(H,10,13);3-4H,2H2,1H3,(H,7,8). The average molecular weight is 2170 g/mol. The van der Waals surface area contributed by atoms with Crippen molar-refractivity contribution in [3.8, 4) is 0 Å². The second kappa shape index (κ2) is 49.8. The first-order valence-corrected chi connectivity index (χ1v) is 47.9. The molecular weight excluding hydrogens is 2070 g/mol. The Morgan fingerprint density at radius 2 is 0.831 bits per heavy atom. The molecule has 6 aromatic heterocycles. The summed E-state index contributed by atoms with van der Waals surface area (Å²) >= 11 is 3.21. The molecule has 0 radical (unpaired) electrons. The number of esters is 2. The number of amides is 7. The van der Waals surface area contributed by atoms with Crippen LogP contribution in [-0.4, -0.2) is 200 Å².